The molecule has 16 heavy (non-hydrogen) atoms. The van der Waals surface area contributed by atoms with Crippen LogP contribution in [0.2, 0.25) is 0 Å². The highest BCUT2D eigenvalue weighted by Crippen LogP contribution is 2.29. The fourth-order valence-electron chi connectivity index (χ4n) is 1.90. The van der Waals surface area contributed by atoms with Gasteiger partial charge in [0.25, 0.3) is 0 Å². The van der Waals surface area contributed by atoms with E-state index in [1.54, 1.807) is 0 Å². The molecule has 0 rings (SSSR count). The maximum atomic E-state index is 8.80. The van der Waals surface area contributed by atoms with Gasteiger partial charge in [0.15, 0.2) is 0 Å². The van der Waals surface area contributed by atoms with Gasteiger partial charge >= 0.3 is 0 Å². The molecule has 0 saturated heterocycles. The van der Waals surface area contributed by atoms with E-state index in [4.69, 9.17) is 5.11 Å². The van der Waals surface area contributed by atoms with Crippen molar-refractivity contribution < 1.29 is 5.11 Å². The van der Waals surface area contributed by atoms with Crippen molar-refractivity contribution in [3.05, 3.63) is 0 Å². The predicted molar refractivity (Wildman–Crippen MR) is 76.2 cm³/mol. The van der Waals surface area contributed by atoms with Gasteiger partial charge in [-0.3, -0.25) is 0 Å². The largest absolute Gasteiger partial charge is 0.396 e. The van der Waals surface area contributed by atoms with Crippen molar-refractivity contribution in [3.63, 3.8) is 0 Å². The first-order valence-electron chi connectivity index (χ1n) is 6.87. The van der Waals surface area contributed by atoms with E-state index in [0.29, 0.717) is 11.4 Å². The predicted octanol–water partition coefficient (Wildman–Crippen LogP) is 4.63. The first-order valence-corrected chi connectivity index (χ1v) is 7.86. The van der Waals surface area contributed by atoms with Gasteiger partial charge in [0.1, 0.15) is 0 Å². The topological polar surface area (TPSA) is 20.2 Å². The molecule has 0 radical (unpaired) electrons. The maximum absolute atomic E-state index is 8.80. The highest BCUT2D eigenvalue weighted by atomic mass is 32.2. The minimum atomic E-state index is 0.311. The fraction of sp³-hybridized carbons (Fsp3) is 1.00. The van der Waals surface area contributed by atoms with Crippen molar-refractivity contribution in [3.8, 4) is 0 Å². The summed E-state index contributed by atoms with van der Waals surface area (Å²) in [5, 5.41) is 8.80. The van der Waals surface area contributed by atoms with Crippen LogP contribution in [-0.2, 0) is 0 Å². The summed E-state index contributed by atoms with van der Waals surface area (Å²) >= 11 is 1.90. The third kappa shape index (κ3) is 10.8. The number of unbranched alkanes of at least 4 members (excludes halogenated alkanes) is 6. The Labute approximate surface area is 106 Å². The number of hydrogen-bond donors (Lipinski definition) is 1. The Morgan fingerprint density at radius 3 is 2.06 bits per heavy atom. The highest BCUT2D eigenvalue weighted by molar-refractivity contribution is 8.00. The molecular weight excluding hydrogens is 216 g/mol. The van der Waals surface area contributed by atoms with Gasteiger partial charge in [-0.1, -0.05) is 65.7 Å². The monoisotopic (exact) mass is 246 g/mol. The molecule has 0 aliphatic heterocycles. The normalized spacial score (nSPS) is 12.0. The SMILES string of the molecule is CCCCCCCCCC(C)(C)SCCO. The van der Waals surface area contributed by atoms with Crippen LogP contribution in [0.15, 0.2) is 0 Å². The van der Waals surface area contributed by atoms with Crippen molar-refractivity contribution in [2.24, 2.45) is 0 Å². The van der Waals surface area contributed by atoms with Crippen molar-refractivity contribution >= 4 is 11.8 Å². The molecular formula is C14H30OS. The lowest BCUT2D eigenvalue weighted by Gasteiger charge is -2.23. The zero-order valence-electron chi connectivity index (χ0n) is 11.4. The Morgan fingerprint density at radius 2 is 1.50 bits per heavy atom. The Bertz CT molecular complexity index is 146. The van der Waals surface area contributed by atoms with Gasteiger partial charge in [0, 0.05) is 10.5 Å². The summed E-state index contributed by atoms with van der Waals surface area (Å²) < 4.78 is 0.353. The van der Waals surface area contributed by atoms with Crippen LogP contribution in [0.25, 0.3) is 0 Å². The first-order chi connectivity index (χ1) is 7.62. The van der Waals surface area contributed by atoms with E-state index in [0.717, 1.165) is 5.75 Å². The average molecular weight is 246 g/mol. The van der Waals surface area contributed by atoms with E-state index >= 15 is 0 Å². The van der Waals surface area contributed by atoms with Gasteiger partial charge in [-0.25, -0.2) is 0 Å². The molecule has 0 heterocycles. The van der Waals surface area contributed by atoms with Crippen molar-refractivity contribution in [1.82, 2.24) is 0 Å². The minimum absolute atomic E-state index is 0.311. The van der Waals surface area contributed by atoms with Crippen LogP contribution in [0, 0.1) is 0 Å². The molecule has 0 aromatic rings. The van der Waals surface area contributed by atoms with Crippen molar-refractivity contribution in [2.75, 3.05) is 12.4 Å². The summed E-state index contributed by atoms with van der Waals surface area (Å²) in [6.45, 7) is 7.17. The van der Waals surface area contributed by atoms with E-state index in [-0.39, 0.29) is 0 Å². The summed E-state index contributed by atoms with van der Waals surface area (Å²) in [5.41, 5.74) is 0. The molecule has 1 N–H and O–H groups in total. The van der Waals surface area contributed by atoms with Crippen LogP contribution in [0.4, 0.5) is 0 Å². The summed E-state index contributed by atoms with van der Waals surface area (Å²) in [4.78, 5) is 0. The van der Waals surface area contributed by atoms with Gasteiger partial charge in [-0.2, -0.15) is 11.8 Å². The van der Waals surface area contributed by atoms with Crippen LogP contribution < -0.4 is 0 Å². The third-order valence-electron chi connectivity index (χ3n) is 2.97. The van der Waals surface area contributed by atoms with Crippen LogP contribution in [-0.4, -0.2) is 22.2 Å². The molecule has 1 nitrogen and oxygen atoms in total. The molecule has 0 unspecified atom stereocenters. The van der Waals surface area contributed by atoms with E-state index in [2.05, 4.69) is 20.8 Å². The molecule has 0 aliphatic carbocycles. The van der Waals surface area contributed by atoms with Crippen LogP contribution in [0.5, 0.6) is 0 Å². The quantitative estimate of drug-likeness (QED) is 0.536. The average Bonchev–Trinajstić information content (AvgIpc) is 2.25. The summed E-state index contributed by atoms with van der Waals surface area (Å²) in [6, 6.07) is 0. The van der Waals surface area contributed by atoms with E-state index < -0.39 is 0 Å². The molecule has 0 amide bonds. The zero-order valence-corrected chi connectivity index (χ0v) is 12.2. The summed E-state index contributed by atoms with van der Waals surface area (Å²) in [5.74, 6) is 0.878. The Hall–Kier alpha value is 0.310. The molecule has 0 aromatic carbocycles. The molecule has 0 aliphatic rings. The molecule has 0 spiro atoms. The second kappa shape index (κ2) is 10.5. The van der Waals surface area contributed by atoms with Gasteiger partial charge < -0.3 is 5.11 Å². The van der Waals surface area contributed by atoms with Crippen LogP contribution in [0.1, 0.15) is 72.1 Å². The maximum Gasteiger partial charge on any atom is 0.0521 e. The lowest BCUT2D eigenvalue weighted by Crippen LogP contribution is -2.15. The zero-order chi connectivity index (χ0) is 12.3. The standard InChI is InChI=1S/C14H30OS/c1-4-5-6-7-8-9-10-11-14(2,3)16-13-12-15/h15H,4-13H2,1-3H3. The van der Waals surface area contributed by atoms with E-state index in [1.807, 2.05) is 11.8 Å². The lowest BCUT2D eigenvalue weighted by molar-refractivity contribution is 0.322. The summed E-state index contributed by atoms with van der Waals surface area (Å²) in [7, 11) is 0. The minimum Gasteiger partial charge on any atom is -0.396 e. The van der Waals surface area contributed by atoms with Gasteiger partial charge in [0.2, 0.25) is 0 Å². The second-order valence-corrected chi connectivity index (χ2v) is 7.01. The molecule has 0 bridgehead atoms. The van der Waals surface area contributed by atoms with E-state index in [9.17, 15) is 0 Å². The van der Waals surface area contributed by atoms with Crippen molar-refractivity contribution in [2.45, 2.75) is 76.9 Å². The fourth-order valence-corrected chi connectivity index (χ4v) is 2.83. The number of hydrogen-bond acceptors (Lipinski definition) is 2. The Kier molecular flexibility index (Phi) is 10.7. The number of thioether (sulfide) groups is 1. The highest BCUT2D eigenvalue weighted by Gasteiger charge is 2.16. The first kappa shape index (κ1) is 16.3. The summed E-state index contributed by atoms with van der Waals surface area (Å²) in [6.07, 6.45) is 11.0. The number of rotatable bonds is 11. The third-order valence-corrected chi connectivity index (χ3v) is 4.34. The number of aliphatic hydroxyl groups is 1. The lowest BCUT2D eigenvalue weighted by atomic mass is 10.0. The van der Waals surface area contributed by atoms with E-state index in [1.165, 1.54) is 51.4 Å². The molecule has 0 atom stereocenters. The Balaban J connectivity index is 3.29. The molecule has 0 saturated carbocycles. The molecule has 0 fully saturated rings. The van der Waals surface area contributed by atoms with Gasteiger partial charge in [0.05, 0.1) is 6.61 Å². The smallest absolute Gasteiger partial charge is 0.0521 e. The molecule has 2 heteroatoms. The van der Waals surface area contributed by atoms with Gasteiger partial charge in [-0.15, -0.1) is 0 Å². The molecule has 0 aromatic heterocycles. The van der Waals surface area contributed by atoms with Crippen LogP contribution >= 0.6 is 11.8 Å². The Morgan fingerprint density at radius 1 is 0.938 bits per heavy atom. The van der Waals surface area contributed by atoms with Crippen LogP contribution in [0.3, 0.4) is 0 Å². The van der Waals surface area contributed by atoms with Crippen molar-refractivity contribution in [1.29, 1.82) is 0 Å². The molecule has 98 valence electrons. The van der Waals surface area contributed by atoms with Gasteiger partial charge in [-0.05, 0) is 6.42 Å². The second-order valence-electron chi connectivity index (χ2n) is 5.20. The number of aliphatic hydroxyl groups excluding tert-OH is 1.